The molecule has 0 aliphatic heterocycles. The summed E-state index contributed by atoms with van der Waals surface area (Å²) in [6.07, 6.45) is 3.91. The minimum atomic E-state index is -2.50. The molecule has 3 heterocycles. The summed E-state index contributed by atoms with van der Waals surface area (Å²) in [5, 5.41) is 6.36. The second kappa shape index (κ2) is 15.2. The second-order valence-corrected chi connectivity index (χ2v) is 19.2. The standard InChI is InChI=1S/C31H26NO.C23H30N.Ir/c1-19-18-32-28(15-22(19)17-31(2,3)4)25-11-7-10-24-27-14-21-13-12-20-8-5-6-9-23(20)26(21)16-29(27)33-30(24)25;1-21(2,3)17-10-8-16(9-11-17)20-14-18-19(15-24-20)23(6,7)13-12-22(18,4)5;/h5-10,12-16,18H,17H2,1-4H3;8,10-11,14-15H,12-13H2,1-7H3;/q2*-1;/i1D3,17D2;;. The first-order valence-corrected chi connectivity index (χ1v) is 20.1. The summed E-state index contributed by atoms with van der Waals surface area (Å²) in [4.78, 5) is 9.25. The van der Waals surface area contributed by atoms with Crippen molar-refractivity contribution in [3.63, 3.8) is 0 Å². The summed E-state index contributed by atoms with van der Waals surface area (Å²) in [7, 11) is 0. The minimum absolute atomic E-state index is 0. The average Bonchev–Trinajstić information content (AvgIpc) is 3.58. The molecular weight excluding hydrogens is 885 g/mol. The molecule has 0 amide bonds. The number of hydrogen-bond donors (Lipinski definition) is 0. The first-order valence-electron chi connectivity index (χ1n) is 22.6. The number of furan rings is 1. The largest absolute Gasteiger partial charge is 0.501 e. The van der Waals surface area contributed by atoms with Gasteiger partial charge < -0.3 is 14.4 Å². The third-order valence-corrected chi connectivity index (χ3v) is 11.7. The molecule has 1 aliphatic carbocycles. The molecule has 0 N–H and O–H groups in total. The molecule has 3 nitrogen and oxygen atoms in total. The van der Waals surface area contributed by atoms with Gasteiger partial charge in [-0.1, -0.05) is 134 Å². The molecule has 0 saturated carbocycles. The van der Waals surface area contributed by atoms with Gasteiger partial charge in [-0.05, 0) is 109 Å². The van der Waals surface area contributed by atoms with Crippen LogP contribution in [0, 0.1) is 24.4 Å². The average molecular weight is 946 g/mol. The quantitative estimate of drug-likeness (QED) is 0.131. The van der Waals surface area contributed by atoms with Gasteiger partial charge in [0.2, 0.25) is 0 Å². The first kappa shape index (κ1) is 35.3. The van der Waals surface area contributed by atoms with Crippen molar-refractivity contribution in [2.24, 2.45) is 5.41 Å². The topological polar surface area (TPSA) is 38.9 Å². The smallest absolute Gasteiger partial charge is 0.121 e. The van der Waals surface area contributed by atoms with Gasteiger partial charge >= 0.3 is 0 Å². The van der Waals surface area contributed by atoms with E-state index in [2.05, 4.69) is 132 Å². The van der Waals surface area contributed by atoms with Crippen LogP contribution in [0.4, 0.5) is 0 Å². The van der Waals surface area contributed by atoms with Gasteiger partial charge in [0.1, 0.15) is 5.58 Å². The Morgan fingerprint density at radius 1 is 0.724 bits per heavy atom. The first-order chi connectivity index (χ1) is 28.9. The Hall–Kier alpha value is -4.63. The molecule has 4 heteroatoms. The Balaban J connectivity index is 0.000000206. The zero-order valence-corrected chi connectivity index (χ0v) is 37.8. The van der Waals surface area contributed by atoms with Crippen LogP contribution in [0.1, 0.15) is 117 Å². The van der Waals surface area contributed by atoms with E-state index in [0.717, 1.165) is 49.2 Å². The van der Waals surface area contributed by atoms with Gasteiger partial charge in [0.05, 0.1) is 5.58 Å². The van der Waals surface area contributed by atoms with Gasteiger partial charge in [-0.3, -0.25) is 0 Å². The molecule has 1 radical (unpaired) electrons. The third kappa shape index (κ3) is 8.03. The van der Waals surface area contributed by atoms with Crippen LogP contribution in [-0.2, 0) is 42.7 Å². The summed E-state index contributed by atoms with van der Waals surface area (Å²) in [5.41, 5.74) is 8.37. The van der Waals surface area contributed by atoms with Crippen LogP contribution in [0.2, 0.25) is 0 Å². The van der Waals surface area contributed by atoms with E-state index in [-0.39, 0.29) is 47.5 Å². The van der Waals surface area contributed by atoms with E-state index in [4.69, 9.17) is 16.3 Å². The zero-order chi connectivity index (χ0) is 44.8. The molecule has 9 rings (SSSR count). The number of nitrogens with zero attached hydrogens (tertiary/aromatic N) is 2. The SMILES string of the molecule is CC(C)(C)c1c[c-]c(-c2cc3c(cn2)C(C)(C)CCC3(C)C)cc1.[2H]C([2H])([2H])c1cnc(-c2[c-]ccc3c2oc2cc4c(ccc5ccccc54)cc23)cc1C([2H])([2H])C(C)(C)C.[Ir]. The van der Waals surface area contributed by atoms with E-state index in [1.807, 2.05) is 18.2 Å². The maximum Gasteiger partial charge on any atom is 0.121 e. The Bertz CT molecular complexity index is 3000. The van der Waals surface area contributed by atoms with Gasteiger partial charge in [-0.2, -0.15) is 0 Å². The fourth-order valence-corrected chi connectivity index (χ4v) is 8.18. The van der Waals surface area contributed by atoms with Gasteiger partial charge in [0.15, 0.2) is 0 Å². The van der Waals surface area contributed by atoms with Crippen molar-refractivity contribution >= 4 is 43.5 Å². The molecule has 0 spiro atoms. The van der Waals surface area contributed by atoms with E-state index < -0.39 is 18.6 Å². The molecule has 0 bridgehead atoms. The Morgan fingerprint density at radius 2 is 1.45 bits per heavy atom. The van der Waals surface area contributed by atoms with Crippen molar-refractivity contribution in [2.75, 3.05) is 0 Å². The summed E-state index contributed by atoms with van der Waals surface area (Å²) < 4.78 is 48.1. The molecule has 0 saturated heterocycles. The number of benzene rings is 5. The molecule has 1 aliphatic rings. The van der Waals surface area contributed by atoms with E-state index in [1.165, 1.54) is 35.7 Å². The summed E-state index contributed by atoms with van der Waals surface area (Å²) in [6, 6.07) is 37.4. The van der Waals surface area contributed by atoms with Crippen molar-refractivity contribution in [2.45, 2.75) is 112 Å². The number of hydrogen-bond acceptors (Lipinski definition) is 3. The van der Waals surface area contributed by atoms with Gasteiger partial charge in [0.25, 0.3) is 0 Å². The summed E-state index contributed by atoms with van der Waals surface area (Å²) >= 11 is 0. The summed E-state index contributed by atoms with van der Waals surface area (Å²) in [5.74, 6) is 0. The number of pyridine rings is 2. The molecule has 0 atom stereocenters. The van der Waals surface area contributed by atoms with Crippen LogP contribution in [-0.4, -0.2) is 9.97 Å². The van der Waals surface area contributed by atoms with Crippen LogP contribution in [0.3, 0.4) is 0 Å². The van der Waals surface area contributed by atoms with Crippen LogP contribution in [0.5, 0.6) is 0 Å². The van der Waals surface area contributed by atoms with Crippen LogP contribution >= 0.6 is 0 Å². The normalized spacial score (nSPS) is 16.6. The van der Waals surface area contributed by atoms with E-state index in [1.54, 1.807) is 32.9 Å². The van der Waals surface area contributed by atoms with Crippen LogP contribution < -0.4 is 0 Å². The monoisotopic (exact) mass is 946 g/mol. The molecule has 299 valence electrons. The van der Waals surface area contributed by atoms with E-state index >= 15 is 0 Å². The molecule has 0 unspecified atom stereocenters. The maximum atomic E-state index is 8.85. The third-order valence-electron chi connectivity index (χ3n) is 11.7. The number of aryl methyl sites for hydroxylation is 1. The maximum absolute atomic E-state index is 8.85. The number of fused-ring (bicyclic) bond motifs is 7. The van der Waals surface area contributed by atoms with Gasteiger partial charge in [-0.25, -0.2) is 0 Å². The van der Waals surface area contributed by atoms with Crippen molar-refractivity contribution < 1.29 is 31.4 Å². The van der Waals surface area contributed by atoms with Crippen molar-refractivity contribution in [3.05, 3.63) is 143 Å². The minimum Gasteiger partial charge on any atom is -0.501 e. The number of aromatic nitrogens is 2. The fourth-order valence-electron chi connectivity index (χ4n) is 8.18. The van der Waals surface area contributed by atoms with E-state index in [0.29, 0.717) is 16.8 Å². The Labute approximate surface area is 366 Å². The predicted octanol–water partition coefficient (Wildman–Crippen LogP) is 14.8. The predicted molar refractivity (Wildman–Crippen MR) is 241 cm³/mol. The van der Waals surface area contributed by atoms with Crippen molar-refractivity contribution in [3.8, 4) is 22.5 Å². The van der Waals surface area contributed by atoms with E-state index in [9.17, 15) is 0 Å². The Morgan fingerprint density at radius 3 is 2.16 bits per heavy atom. The number of rotatable bonds is 3. The molecule has 58 heavy (non-hydrogen) atoms. The second-order valence-electron chi connectivity index (χ2n) is 19.2. The summed E-state index contributed by atoms with van der Waals surface area (Å²) in [6.45, 7) is 18.9. The zero-order valence-electron chi connectivity index (χ0n) is 40.4. The molecular formula is C54H56IrN2O-2. The van der Waals surface area contributed by atoms with Gasteiger partial charge in [-0.15, -0.1) is 53.6 Å². The molecule has 3 aromatic heterocycles. The van der Waals surface area contributed by atoms with Crippen LogP contribution in [0.15, 0.2) is 108 Å². The fraction of sp³-hybridized carbons (Fsp3) is 0.333. The van der Waals surface area contributed by atoms with Gasteiger partial charge in [0, 0.05) is 44.7 Å². The molecule has 0 fully saturated rings. The molecule has 8 aromatic rings. The Kier molecular flexibility index (Phi) is 9.25. The van der Waals surface area contributed by atoms with Crippen molar-refractivity contribution in [1.82, 2.24) is 9.97 Å². The van der Waals surface area contributed by atoms with Crippen molar-refractivity contribution in [1.29, 1.82) is 0 Å². The van der Waals surface area contributed by atoms with Crippen LogP contribution in [0.25, 0.3) is 66.0 Å². The molecule has 5 aromatic carbocycles.